The summed E-state index contributed by atoms with van der Waals surface area (Å²) in [5.74, 6) is 2.50. The minimum atomic E-state index is -0.828. The third-order valence-electron chi connectivity index (χ3n) is 5.78. The Morgan fingerprint density at radius 1 is 1.16 bits per heavy atom. The Bertz CT molecular complexity index is 1320. The molecule has 1 aromatic carbocycles. The third kappa shape index (κ3) is 6.66. The van der Waals surface area contributed by atoms with Gasteiger partial charge < -0.3 is 34.6 Å². The van der Waals surface area contributed by atoms with E-state index in [1.807, 2.05) is 49.8 Å². The number of ether oxygens (including phenoxy) is 3. The van der Waals surface area contributed by atoms with Crippen LogP contribution in [0, 0.1) is 0 Å². The van der Waals surface area contributed by atoms with E-state index in [1.165, 1.54) is 12.4 Å². The molecule has 0 atom stereocenters. The minimum absolute atomic E-state index is 0.184. The maximum Gasteiger partial charge on any atom is 0.442 e. The molecule has 204 valence electrons. The molecule has 0 fully saturated rings. The summed E-state index contributed by atoms with van der Waals surface area (Å²) in [6.45, 7) is 4.26. The summed E-state index contributed by atoms with van der Waals surface area (Å²) in [7, 11) is 9.59. The number of carbonyl (C=O) groups excluding carboxylic acids is 1. The first-order valence-electron chi connectivity index (χ1n) is 12.5. The largest absolute Gasteiger partial charge is 0.491 e. The van der Waals surface area contributed by atoms with Crippen molar-refractivity contribution in [1.82, 2.24) is 29.3 Å². The fraction of sp³-hybridized carbons (Fsp3) is 0.480. The van der Waals surface area contributed by atoms with Gasteiger partial charge in [0.05, 0.1) is 26.1 Å². The number of fused-ring (bicyclic) bond motifs is 3. The van der Waals surface area contributed by atoms with E-state index >= 15 is 0 Å². The molecule has 0 radical (unpaired) electrons. The smallest absolute Gasteiger partial charge is 0.442 e. The van der Waals surface area contributed by atoms with Gasteiger partial charge in [0.1, 0.15) is 11.3 Å². The Morgan fingerprint density at radius 2 is 1.92 bits per heavy atom. The van der Waals surface area contributed by atoms with Crippen molar-refractivity contribution in [1.29, 1.82) is 0 Å². The molecule has 1 aliphatic rings. The topological polar surface area (TPSA) is 131 Å². The second kappa shape index (κ2) is 12.5. The van der Waals surface area contributed by atoms with Crippen LogP contribution in [0.3, 0.4) is 0 Å². The number of anilines is 2. The lowest BCUT2D eigenvalue weighted by atomic mass is 10.2. The van der Waals surface area contributed by atoms with Gasteiger partial charge >= 0.3 is 6.09 Å². The lowest BCUT2D eigenvalue weighted by molar-refractivity contribution is 0.209. The van der Waals surface area contributed by atoms with Crippen molar-refractivity contribution in [2.24, 2.45) is 4.99 Å². The highest BCUT2D eigenvalue weighted by Gasteiger charge is 2.21. The number of rotatable bonds is 11. The average molecular weight is 526 g/mol. The Kier molecular flexibility index (Phi) is 8.92. The molecule has 0 saturated carbocycles. The molecule has 1 amide bonds. The summed E-state index contributed by atoms with van der Waals surface area (Å²) < 4.78 is 18.9. The van der Waals surface area contributed by atoms with Crippen LogP contribution >= 0.6 is 0 Å². The van der Waals surface area contributed by atoms with Crippen molar-refractivity contribution in [3.8, 4) is 17.2 Å². The van der Waals surface area contributed by atoms with E-state index in [9.17, 15) is 4.79 Å². The van der Waals surface area contributed by atoms with Gasteiger partial charge in [0, 0.05) is 38.1 Å². The van der Waals surface area contributed by atoms with Crippen LogP contribution in [0.5, 0.6) is 17.2 Å². The maximum atomic E-state index is 12.7. The van der Waals surface area contributed by atoms with Crippen molar-refractivity contribution >= 4 is 28.8 Å². The van der Waals surface area contributed by atoms with E-state index in [4.69, 9.17) is 14.2 Å². The molecule has 4 rings (SSSR count). The van der Waals surface area contributed by atoms with Crippen molar-refractivity contribution < 1.29 is 19.0 Å². The van der Waals surface area contributed by atoms with E-state index in [0.29, 0.717) is 49.2 Å². The molecule has 2 aromatic heterocycles. The molecule has 0 spiro atoms. The number of hydrogen-bond acceptors (Lipinski definition) is 11. The van der Waals surface area contributed by atoms with Crippen LogP contribution in [0.25, 0.3) is 10.9 Å². The molecule has 0 saturated heterocycles. The number of aromatic nitrogens is 4. The standard InChI is InChI=1S/C25H35N9O4/c1-32(2)11-6-14-37-19-8-7-18-20(21(19)36-5)30-24(34-13-10-26-22(18)34)31-25(35)38-17-15-28-23(29-16-17)27-9-12-33(3)4/h7-8,15-16,26H,6,9-14H2,1-5H3,(H,27,28,29). The Morgan fingerprint density at radius 3 is 2.63 bits per heavy atom. The molecule has 2 N–H and O–H groups in total. The first-order chi connectivity index (χ1) is 18.4. The normalized spacial score (nSPS) is 13.1. The maximum absolute atomic E-state index is 12.7. The predicted octanol–water partition coefficient (Wildman–Crippen LogP) is 1.66. The molecule has 3 heterocycles. The van der Waals surface area contributed by atoms with Crippen LogP contribution in [-0.4, -0.2) is 103 Å². The number of amides is 1. The first kappa shape index (κ1) is 27.1. The molecule has 3 aromatic rings. The Hall–Kier alpha value is -3.97. The number of likely N-dealkylation sites (N-methyl/N-ethyl adjacent to an activating group) is 1. The number of benzene rings is 1. The van der Waals surface area contributed by atoms with Crippen LogP contribution in [0.4, 0.5) is 16.6 Å². The fourth-order valence-corrected chi connectivity index (χ4v) is 3.97. The van der Waals surface area contributed by atoms with Crippen molar-refractivity contribution in [3.05, 3.63) is 30.1 Å². The molecule has 0 aliphatic carbocycles. The number of carbonyl (C=O) groups is 1. The number of nitrogens with one attached hydrogen (secondary N) is 2. The van der Waals surface area contributed by atoms with Crippen LogP contribution in [0.15, 0.2) is 29.5 Å². The van der Waals surface area contributed by atoms with Crippen molar-refractivity contribution in [2.45, 2.75) is 13.0 Å². The molecule has 0 bridgehead atoms. The lowest BCUT2D eigenvalue weighted by Gasteiger charge is -2.15. The molecule has 13 nitrogen and oxygen atoms in total. The summed E-state index contributed by atoms with van der Waals surface area (Å²) in [6.07, 6.45) is 2.89. The second-order valence-electron chi connectivity index (χ2n) is 9.29. The average Bonchev–Trinajstić information content (AvgIpc) is 3.38. The quantitative estimate of drug-likeness (QED) is 0.354. The number of nitrogens with zero attached hydrogens (tertiary/aromatic N) is 7. The Balaban J connectivity index is 1.56. The zero-order chi connectivity index (χ0) is 27.1. The molecule has 0 unspecified atom stereocenters. The predicted molar refractivity (Wildman–Crippen MR) is 144 cm³/mol. The zero-order valence-corrected chi connectivity index (χ0v) is 22.5. The van der Waals surface area contributed by atoms with Gasteiger partial charge in [-0.05, 0) is 46.7 Å². The summed E-state index contributed by atoms with van der Waals surface area (Å²) in [5, 5.41) is 7.30. The first-order valence-corrected chi connectivity index (χ1v) is 12.5. The highest BCUT2D eigenvalue weighted by molar-refractivity contribution is 5.95. The second-order valence-corrected chi connectivity index (χ2v) is 9.29. The third-order valence-corrected chi connectivity index (χ3v) is 5.78. The molecule has 13 heteroatoms. The number of methoxy groups -OCH3 is 1. The highest BCUT2D eigenvalue weighted by Crippen LogP contribution is 2.37. The fourth-order valence-electron chi connectivity index (χ4n) is 3.97. The Labute approximate surface area is 221 Å². The van der Waals surface area contributed by atoms with Gasteiger partial charge in [-0.15, -0.1) is 4.99 Å². The van der Waals surface area contributed by atoms with E-state index in [2.05, 4.69) is 35.5 Å². The summed E-state index contributed by atoms with van der Waals surface area (Å²) >= 11 is 0. The van der Waals surface area contributed by atoms with Crippen molar-refractivity contribution in [2.75, 3.05) is 78.7 Å². The lowest BCUT2D eigenvalue weighted by Crippen LogP contribution is -2.25. The SMILES string of the molecule is COc1c(OCCCN(C)C)ccc2c3n(c(=NC(=O)Oc4cnc(NCCN(C)C)nc4)nc12)CCN3. The molecule has 1 aliphatic heterocycles. The van der Waals surface area contributed by atoms with Crippen LogP contribution < -0.4 is 30.5 Å². The van der Waals surface area contributed by atoms with Crippen LogP contribution in [0.2, 0.25) is 0 Å². The zero-order valence-electron chi connectivity index (χ0n) is 22.5. The molecule has 38 heavy (non-hydrogen) atoms. The van der Waals surface area contributed by atoms with Gasteiger partial charge in [-0.1, -0.05) is 0 Å². The summed E-state index contributed by atoms with van der Waals surface area (Å²) in [5.41, 5.74) is 0.745. The minimum Gasteiger partial charge on any atom is -0.491 e. The summed E-state index contributed by atoms with van der Waals surface area (Å²) in [4.78, 5) is 34.0. The van der Waals surface area contributed by atoms with E-state index in [1.54, 1.807) is 7.11 Å². The van der Waals surface area contributed by atoms with Gasteiger partial charge in [0.2, 0.25) is 11.6 Å². The van der Waals surface area contributed by atoms with Crippen molar-refractivity contribution in [3.63, 3.8) is 0 Å². The van der Waals surface area contributed by atoms with E-state index in [0.717, 1.165) is 30.7 Å². The van der Waals surface area contributed by atoms with Gasteiger partial charge in [0.25, 0.3) is 0 Å². The van der Waals surface area contributed by atoms with Gasteiger partial charge in [0.15, 0.2) is 17.2 Å². The highest BCUT2D eigenvalue weighted by atomic mass is 16.5. The van der Waals surface area contributed by atoms with E-state index in [-0.39, 0.29) is 11.4 Å². The molecular weight excluding hydrogens is 490 g/mol. The van der Waals surface area contributed by atoms with Gasteiger partial charge in [-0.3, -0.25) is 4.57 Å². The number of hydrogen-bond donors (Lipinski definition) is 2. The molecular formula is C25H35N9O4. The van der Waals surface area contributed by atoms with Crippen LogP contribution in [-0.2, 0) is 6.54 Å². The van der Waals surface area contributed by atoms with Gasteiger partial charge in [-0.25, -0.2) is 19.7 Å². The van der Waals surface area contributed by atoms with E-state index < -0.39 is 6.09 Å². The van der Waals surface area contributed by atoms with Crippen LogP contribution in [0.1, 0.15) is 6.42 Å². The summed E-state index contributed by atoms with van der Waals surface area (Å²) in [6, 6.07) is 3.81. The van der Waals surface area contributed by atoms with Gasteiger partial charge in [-0.2, -0.15) is 0 Å². The monoisotopic (exact) mass is 525 g/mol.